The molecule has 6 heteroatoms. The highest BCUT2D eigenvalue weighted by Crippen LogP contribution is 2.17. The van der Waals surface area contributed by atoms with E-state index in [2.05, 4.69) is 15.6 Å². The second-order valence-corrected chi connectivity index (χ2v) is 5.20. The number of amides is 2. The molecule has 1 fully saturated rings. The van der Waals surface area contributed by atoms with Gasteiger partial charge in [0.25, 0.3) is 0 Å². The fraction of sp³-hybridized carbons (Fsp3) is 0.250. The molecule has 2 amide bonds. The first-order valence-electron chi connectivity index (χ1n) is 7.20. The van der Waals surface area contributed by atoms with Crippen LogP contribution < -0.4 is 10.6 Å². The van der Waals surface area contributed by atoms with Crippen LogP contribution >= 0.6 is 0 Å². The summed E-state index contributed by atoms with van der Waals surface area (Å²) in [6.45, 7) is 1.20. The Kier molecular flexibility index (Phi) is 4.18. The van der Waals surface area contributed by atoms with Crippen LogP contribution in [-0.2, 0) is 0 Å². The summed E-state index contributed by atoms with van der Waals surface area (Å²) < 4.78 is 13.5. The van der Waals surface area contributed by atoms with Gasteiger partial charge < -0.3 is 15.5 Å². The fourth-order valence-corrected chi connectivity index (χ4v) is 2.48. The highest BCUT2D eigenvalue weighted by Gasteiger charge is 2.26. The summed E-state index contributed by atoms with van der Waals surface area (Å²) >= 11 is 0. The number of nitrogens with one attached hydrogen (secondary N) is 2. The molecule has 1 aliphatic heterocycles. The highest BCUT2D eigenvalue weighted by molar-refractivity contribution is 5.89. The maximum absolute atomic E-state index is 13.5. The van der Waals surface area contributed by atoms with E-state index in [1.54, 1.807) is 29.3 Å². The lowest BCUT2D eigenvalue weighted by Gasteiger charge is -2.18. The number of urea groups is 1. The van der Waals surface area contributed by atoms with Crippen LogP contribution in [0.4, 0.5) is 20.7 Å². The first-order valence-corrected chi connectivity index (χ1v) is 7.20. The molecule has 1 aliphatic rings. The molecule has 0 spiro atoms. The van der Waals surface area contributed by atoms with E-state index in [9.17, 15) is 9.18 Å². The number of pyridine rings is 1. The van der Waals surface area contributed by atoms with Gasteiger partial charge in [-0.1, -0.05) is 18.2 Å². The maximum Gasteiger partial charge on any atom is 0.321 e. The molecule has 0 bridgehead atoms. The standard InChI is InChI=1S/C16H17FN4O/c17-13-5-1-2-6-14(13)20-16(22)21-10-8-12(11-21)19-15-7-3-4-9-18-15/h1-7,9,12H,8,10-11H2,(H,18,19)(H,20,22)/t12-/m0/s1. The third-order valence-electron chi connectivity index (χ3n) is 3.61. The number of aromatic nitrogens is 1. The van der Waals surface area contributed by atoms with E-state index in [0.717, 1.165) is 12.2 Å². The molecule has 1 aromatic carbocycles. The van der Waals surface area contributed by atoms with Crippen molar-refractivity contribution in [3.05, 3.63) is 54.5 Å². The van der Waals surface area contributed by atoms with Crippen LogP contribution in [0.25, 0.3) is 0 Å². The number of carbonyl (C=O) groups excluding carboxylic acids is 1. The van der Waals surface area contributed by atoms with Crippen molar-refractivity contribution >= 4 is 17.5 Å². The van der Waals surface area contributed by atoms with E-state index < -0.39 is 5.82 Å². The van der Waals surface area contributed by atoms with E-state index in [1.165, 1.54) is 6.07 Å². The number of rotatable bonds is 3. The molecule has 0 saturated carbocycles. The summed E-state index contributed by atoms with van der Waals surface area (Å²) in [6.07, 6.45) is 2.56. The van der Waals surface area contributed by atoms with Crippen molar-refractivity contribution in [2.24, 2.45) is 0 Å². The molecule has 114 valence electrons. The quantitative estimate of drug-likeness (QED) is 0.916. The van der Waals surface area contributed by atoms with Gasteiger partial charge in [-0.05, 0) is 30.7 Å². The molecule has 2 heterocycles. The Morgan fingerprint density at radius 1 is 1.23 bits per heavy atom. The summed E-state index contributed by atoms with van der Waals surface area (Å²) in [5.74, 6) is 0.363. The topological polar surface area (TPSA) is 57.3 Å². The molecule has 2 N–H and O–H groups in total. The molecular weight excluding hydrogens is 283 g/mol. The monoisotopic (exact) mass is 300 g/mol. The van der Waals surface area contributed by atoms with Gasteiger partial charge in [0.05, 0.1) is 5.69 Å². The molecule has 1 aromatic heterocycles. The second kappa shape index (κ2) is 6.43. The molecule has 3 rings (SSSR count). The highest BCUT2D eigenvalue weighted by atomic mass is 19.1. The van der Waals surface area contributed by atoms with Crippen LogP contribution in [0.1, 0.15) is 6.42 Å². The predicted octanol–water partition coefficient (Wildman–Crippen LogP) is 2.94. The Labute approximate surface area is 128 Å². The zero-order valence-corrected chi connectivity index (χ0v) is 12.0. The Morgan fingerprint density at radius 3 is 2.82 bits per heavy atom. The fourth-order valence-electron chi connectivity index (χ4n) is 2.48. The third kappa shape index (κ3) is 3.33. The zero-order valence-electron chi connectivity index (χ0n) is 12.0. The van der Waals surface area contributed by atoms with Crippen molar-refractivity contribution in [3.63, 3.8) is 0 Å². The van der Waals surface area contributed by atoms with E-state index >= 15 is 0 Å². The smallest absolute Gasteiger partial charge is 0.321 e. The van der Waals surface area contributed by atoms with Crippen LogP contribution in [0.15, 0.2) is 48.7 Å². The third-order valence-corrected chi connectivity index (χ3v) is 3.61. The van der Waals surface area contributed by atoms with Crippen LogP contribution in [0.3, 0.4) is 0 Å². The number of carbonyl (C=O) groups is 1. The molecule has 0 radical (unpaired) electrons. The van der Waals surface area contributed by atoms with E-state index in [0.29, 0.717) is 13.1 Å². The van der Waals surface area contributed by atoms with Crippen molar-refractivity contribution < 1.29 is 9.18 Å². The van der Waals surface area contributed by atoms with Gasteiger partial charge in [-0.3, -0.25) is 0 Å². The summed E-state index contributed by atoms with van der Waals surface area (Å²) in [4.78, 5) is 18.1. The van der Waals surface area contributed by atoms with Crippen molar-refractivity contribution in [1.82, 2.24) is 9.88 Å². The van der Waals surface area contributed by atoms with Gasteiger partial charge in [-0.2, -0.15) is 0 Å². The summed E-state index contributed by atoms with van der Waals surface area (Å²) in [5.41, 5.74) is 0.202. The van der Waals surface area contributed by atoms with Gasteiger partial charge >= 0.3 is 6.03 Å². The van der Waals surface area contributed by atoms with Crippen molar-refractivity contribution in [2.45, 2.75) is 12.5 Å². The molecule has 1 atom stereocenters. The van der Waals surface area contributed by atoms with E-state index in [1.807, 2.05) is 18.2 Å². The lowest BCUT2D eigenvalue weighted by atomic mass is 10.2. The molecule has 2 aromatic rings. The summed E-state index contributed by atoms with van der Waals surface area (Å²) in [5, 5.41) is 5.90. The van der Waals surface area contributed by atoms with Gasteiger partial charge in [0.15, 0.2) is 0 Å². The molecule has 0 aliphatic carbocycles. The largest absolute Gasteiger partial charge is 0.365 e. The first-order chi connectivity index (χ1) is 10.7. The first kappa shape index (κ1) is 14.3. The van der Waals surface area contributed by atoms with Gasteiger partial charge in [-0.25, -0.2) is 14.2 Å². The summed E-state index contributed by atoms with van der Waals surface area (Å²) in [6, 6.07) is 11.7. The number of halogens is 1. The summed E-state index contributed by atoms with van der Waals surface area (Å²) in [7, 11) is 0. The number of para-hydroxylation sites is 1. The van der Waals surface area contributed by atoms with Gasteiger partial charge in [0.1, 0.15) is 11.6 Å². The minimum Gasteiger partial charge on any atom is -0.365 e. The maximum atomic E-state index is 13.5. The average molecular weight is 300 g/mol. The van der Waals surface area contributed by atoms with Crippen molar-refractivity contribution in [3.8, 4) is 0 Å². The molecular formula is C16H17FN4O. The molecule has 5 nitrogen and oxygen atoms in total. The number of hydrogen-bond acceptors (Lipinski definition) is 3. The Balaban J connectivity index is 1.56. The number of hydrogen-bond donors (Lipinski definition) is 2. The van der Waals surface area contributed by atoms with Gasteiger partial charge in [0, 0.05) is 25.3 Å². The van der Waals surface area contributed by atoms with Crippen LogP contribution in [0, 0.1) is 5.82 Å². The Morgan fingerprint density at radius 2 is 2.05 bits per heavy atom. The van der Waals surface area contributed by atoms with Crippen molar-refractivity contribution in [2.75, 3.05) is 23.7 Å². The average Bonchev–Trinajstić information content (AvgIpc) is 2.99. The van der Waals surface area contributed by atoms with E-state index in [-0.39, 0.29) is 17.8 Å². The molecule has 0 unspecified atom stereocenters. The van der Waals surface area contributed by atoms with Gasteiger partial charge in [0.2, 0.25) is 0 Å². The van der Waals surface area contributed by atoms with Gasteiger partial charge in [-0.15, -0.1) is 0 Å². The number of anilines is 2. The lowest BCUT2D eigenvalue weighted by Crippen LogP contribution is -2.35. The van der Waals surface area contributed by atoms with Crippen LogP contribution in [0.5, 0.6) is 0 Å². The molecule has 22 heavy (non-hydrogen) atoms. The second-order valence-electron chi connectivity index (χ2n) is 5.20. The Bertz CT molecular complexity index is 650. The SMILES string of the molecule is O=C(Nc1ccccc1F)N1CC[C@H](Nc2ccccn2)C1. The molecule has 1 saturated heterocycles. The number of benzene rings is 1. The van der Waals surface area contributed by atoms with Crippen LogP contribution in [-0.4, -0.2) is 35.0 Å². The lowest BCUT2D eigenvalue weighted by molar-refractivity contribution is 0.222. The van der Waals surface area contributed by atoms with Crippen molar-refractivity contribution in [1.29, 1.82) is 0 Å². The number of nitrogens with zero attached hydrogens (tertiary/aromatic N) is 2. The Hall–Kier alpha value is -2.63. The van der Waals surface area contributed by atoms with Crippen LogP contribution in [0.2, 0.25) is 0 Å². The normalized spacial score (nSPS) is 17.3. The van der Waals surface area contributed by atoms with E-state index in [4.69, 9.17) is 0 Å². The predicted molar refractivity (Wildman–Crippen MR) is 83.3 cm³/mol. The number of likely N-dealkylation sites (tertiary alicyclic amines) is 1. The minimum absolute atomic E-state index is 0.154. The minimum atomic E-state index is -0.432. The zero-order chi connectivity index (χ0) is 15.4.